The molecule has 2 aliphatic rings. The first-order valence-electron chi connectivity index (χ1n) is 9.10. The van der Waals surface area contributed by atoms with E-state index in [1.807, 2.05) is 30.3 Å². The maximum absolute atomic E-state index is 12.6. The third kappa shape index (κ3) is 5.67. The number of benzene rings is 1. The van der Waals surface area contributed by atoms with Gasteiger partial charge in [-0.2, -0.15) is 0 Å². The molecule has 0 saturated carbocycles. The Morgan fingerprint density at radius 3 is 2.42 bits per heavy atom. The van der Waals surface area contributed by atoms with Crippen LogP contribution in [0.3, 0.4) is 0 Å². The lowest BCUT2D eigenvalue weighted by molar-refractivity contribution is -0.124. The molecule has 146 valence electrons. The number of hydrogen-bond donors (Lipinski definition) is 2. The highest BCUT2D eigenvalue weighted by molar-refractivity contribution is 7.88. The van der Waals surface area contributed by atoms with Gasteiger partial charge in [-0.15, -0.1) is 12.4 Å². The second kappa shape index (κ2) is 9.69. The van der Waals surface area contributed by atoms with Gasteiger partial charge in [-0.05, 0) is 37.8 Å². The SMILES string of the molecule is Cl.O=C(NC1CCN(S(=O)(=O)Cc2ccccc2)CC1)C1CCCCN1. The van der Waals surface area contributed by atoms with Crippen molar-refractivity contribution < 1.29 is 13.2 Å². The molecular weight excluding hydrogens is 374 g/mol. The monoisotopic (exact) mass is 401 g/mol. The molecule has 1 aromatic rings. The average Bonchev–Trinajstić information content (AvgIpc) is 2.63. The van der Waals surface area contributed by atoms with Gasteiger partial charge in [-0.3, -0.25) is 4.79 Å². The van der Waals surface area contributed by atoms with Crippen LogP contribution in [0.15, 0.2) is 30.3 Å². The van der Waals surface area contributed by atoms with Crippen LogP contribution in [0.5, 0.6) is 0 Å². The molecule has 2 saturated heterocycles. The Kier molecular flexibility index (Phi) is 7.88. The van der Waals surface area contributed by atoms with Crippen molar-refractivity contribution in [2.24, 2.45) is 0 Å². The van der Waals surface area contributed by atoms with Crippen molar-refractivity contribution in [1.82, 2.24) is 14.9 Å². The van der Waals surface area contributed by atoms with Gasteiger partial charge in [0, 0.05) is 19.1 Å². The molecule has 2 aliphatic heterocycles. The van der Waals surface area contributed by atoms with Crippen LogP contribution in [0.25, 0.3) is 0 Å². The number of sulfonamides is 1. The van der Waals surface area contributed by atoms with Gasteiger partial charge < -0.3 is 10.6 Å². The van der Waals surface area contributed by atoms with Crippen molar-refractivity contribution in [2.45, 2.75) is 49.9 Å². The Hall–Kier alpha value is -1.15. The molecule has 1 atom stereocenters. The number of nitrogens with one attached hydrogen (secondary N) is 2. The fraction of sp³-hybridized carbons (Fsp3) is 0.611. The molecule has 0 aromatic heterocycles. The van der Waals surface area contributed by atoms with Gasteiger partial charge in [0.05, 0.1) is 11.8 Å². The van der Waals surface area contributed by atoms with Crippen LogP contribution in [0.4, 0.5) is 0 Å². The zero-order valence-electron chi connectivity index (χ0n) is 14.9. The number of hydrogen-bond acceptors (Lipinski definition) is 4. The summed E-state index contributed by atoms with van der Waals surface area (Å²) in [7, 11) is -3.30. The van der Waals surface area contributed by atoms with E-state index in [2.05, 4.69) is 10.6 Å². The molecule has 1 amide bonds. The second-order valence-corrected chi connectivity index (χ2v) is 8.90. The number of halogens is 1. The van der Waals surface area contributed by atoms with Crippen LogP contribution >= 0.6 is 12.4 Å². The third-order valence-electron chi connectivity index (χ3n) is 5.01. The molecule has 26 heavy (non-hydrogen) atoms. The van der Waals surface area contributed by atoms with Gasteiger partial charge in [-0.25, -0.2) is 12.7 Å². The van der Waals surface area contributed by atoms with E-state index in [1.165, 1.54) is 0 Å². The summed E-state index contributed by atoms with van der Waals surface area (Å²) in [4.78, 5) is 12.3. The minimum absolute atomic E-state index is 0. The molecule has 0 bridgehead atoms. The molecule has 2 heterocycles. The largest absolute Gasteiger partial charge is 0.352 e. The highest BCUT2D eigenvalue weighted by Gasteiger charge is 2.30. The quantitative estimate of drug-likeness (QED) is 0.786. The molecular formula is C18H28ClN3O3S. The number of piperidine rings is 2. The number of rotatable bonds is 5. The van der Waals surface area contributed by atoms with E-state index in [9.17, 15) is 13.2 Å². The summed E-state index contributed by atoms with van der Waals surface area (Å²) in [5.41, 5.74) is 0.807. The predicted molar refractivity (Wildman–Crippen MR) is 105 cm³/mol. The Balaban J connectivity index is 0.00000243. The van der Waals surface area contributed by atoms with Gasteiger partial charge in [0.2, 0.25) is 15.9 Å². The summed E-state index contributed by atoms with van der Waals surface area (Å²) < 4.78 is 26.7. The lowest BCUT2D eigenvalue weighted by Gasteiger charge is -2.33. The number of carbonyl (C=O) groups is 1. The maximum atomic E-state index is 12.6. The first-order valence-corrected chi connectivity index (χ1v) is 10.7. The van der Waals surface area contributed by atoms with E-state index in [4.69, 9.17) is 0 Å². The van der Waals surface area contributed by atoms with Crippen molar-refractivity contribution >= 4 is 28.3 Å². The smallest absolute Gasteiger partial charge is 0.237 e. The van der Waals surface area contributed by atoms with E-state index < -0.39 is 10.0 Å². The lowest BCUT2D eigenvalue weighted by atomic mass is 10.0. The normalized spacial score (nSPS) is 22.4. The first-order chi connectivity index (χ1) is 12.0. The molecule has 2 fully saturated rings. The van der Waals surface area contributed by atoms with Crippen LogP contribution in [0.1, 0.15) is 37.7 Å². The summed E-state index contributed by atoms with van der Waals surface area (Å²) in [5.74, 6) is 0.0990. The summed E-state index contributed by atoms with van der Waals surface area (Å²) in [6.45, 7) is 1.84. The third-order valence-corrected chi connectivity index (χ3v) is 6.86. The van der Waals surface area contributed by atoms with E-state index in [0.717, 1.165) is 31.4 Å². The highest BCUT2D eigenvalue weighted by Crippen LogP contribution is 2.18. The van der Waals surface area contributed by atoms with Gasteiger partial charge in [0.1, 0.15) is 0 Å². The fourth-order valence-corrected chi connectivity index (χ4v) is 5.10. The molecule has 8 heteroatoms. The van der Waals surface area contributed by atoms with E-state index >= 15 is 0 Å². The molecule has 6 nitrogen and oxygen atoms in total. The zero-order chi connectivity index (χ0) is 17.7. The molecule has 1 unspecified atom stereocenters. The molecule has 0 aliphatic carbocycles. The van der Waals surface area contributed by atoms with Crippen molar-refractivity contribution in [1.29, 1.82) is 0 Å². The lowest BCUT2D eigenvalue weighted by Crippen LogP contribution is -2.52. The molecule has 3 rings (SSSR count). The van der Waals surface area contributed by atoms with Crippen LogP contribution < -0.4 is 10.6 Å². The minimum atomic E-state index is -3.30. The number of carbonyl (C=O) groups excluding carboxylic acids is 1. The van der Waals surface area contributed by atoms with Gasteiger partial charge in [-0.1, -0.05) is 36.8 Å². The first kappa shape index (κ1) is 21.2. The Morgan fingerprint density at radius 2 is 1.81 bits per heavy atom. The van der Waals surface area contributed by atoms with Crippen molar-refractivity contribution in [3.63, 3.8) is 0 Å². The molecule has 0 spiro atoms. The predicted octanol–water partition coefficient (Wildman–Crippen LogP) is 1.66. The zero-order valence-corrected chi connectivity index (χ0v) is 16.5. The Labute approximate surface area is 162 Å². The van der Waals surface area contributed by atoms with Crippen LogP contribution in [-0.2, 0) is 20.6 Å². The summed E-state index contributed by atoms with van der Waals surface area (Å²) in [5, 5.41) is 6.34. The summed E-state index contributed by atoms with van der Waals surface area (Å²) >= 11 is 0. The van der Waals surface area contributed by atoms with Crippen molar-refractivity contribution in [2.75, 3.05) is 19.6 Å². The molecule has 0 radical (unpaired) electrons. The Morgan fingerprint density at radius 1 is 1.12 bits per heavy atom. The second-order valence-electron chi connectivity index (χ2n) is 6.93. The average molecular weight is 402 g/mol. The molecule has 1 aromatic carbocycles. The Bertz CT molecular complexity index is 670. The highest BCUT2D eigenvalue weighted by atomic mass is 35.5. The van der Waals surface area contributed by atoms with Crippen molar-refractivity contribution in [3.05, 3.63) is 35.9 Å². The van der Waals surface area contributed by atoms with E-state index in [1.54, 1.807) is 4.31 Å². The van der Waals surface area contributed by atoms with Crippen LogP contribution in [0.2, 0.25) is 0 Å². The van der Waals surface area contributed by atoms with E-state index in [-0.39, 0.29) is 36.2 Å². The fourth-order valence-electron chi connectivity index (χ4n) is 3.53. The topological polar surface area (TPSA) is 78.5 Å². The molecule has 2 N–H and O–H groups in total. The van der Waals surface area contributed by atoms with Gasteiger partial charge >= 0.3 is 0 Å². The maximum Gasteiger partial charge on any atom is 0.237 e. The van der Waals surface area contributed by atoms with Gasteiger partial charge in [0.15, 0.2) is 0 Å². The standard InChI is InChI=1S/C18H27N3O3S.ClH/c22-18(17-8-4-5-11-19-17)20-16-9-12-21(13-10-16)25(23,24)14-15-6-2-1-3-7-15;/h1-3,6-7,16-17,19H,4-5,8-14H2,(H,20,22);1H. The number of nitrogens with zero attached hydrogens (tertiary/aromatic N) is 1. The summed E-state index contributed by atoms with van der Waals surface area (Å²) in [6.07, 6.45) is 4.44. The van der Waals surface area contributed by atoms with Crippen LogP contribution in [-0.4, -0.2) is 50.3 Å². The van der Waals surface area contributed by atoms with Gasteiger partial charge in [0.25, 0.3) is 0 Å². The van der Waals surface area contributed by atoms with Crippen LogP contribution in [0, 0.1) is 0 Å². The summed E-state index contributed by atoms with van der Waals surface area (Å²) in [6, 6.07) is 9.24. The minimum Gasteiger partial charge on any atom is -0.352 e. The van der Waals surface area contributed by atoms with Crippen molar-refractivity contribution in [3.8, 4) is 0 Å². The number of amides is 1. The van der Waals surface area contributed by atoms with E-state index in [0.29, 0.717) is 25.9 Å².